The largest absolute Gasteiger partial charge is 0.388 e. The van der Waals surface area contributed by atoms with E-state index in [9.17, 15) is 5.11 Å². The third-order valence-corrected chi connectivity index (χ3v) is 3.40. The average molecular weight is 291 g/mol. The number of aliphatic hydroxyl groups is 1. The fraction of sp³-hybridized carbons (Fsp3) is 0.538. The Balaban J connectivity index is 2.31. The summed E-state index contributed by atoms with van der Waals surface area (Å²) in [5.41, 5.74) is 0.804. The molecule has 5 heteroatoms. The Kier molecular flexibility index (Phi) is 6.97. The van der Waals surface area contributed by atoms with Crippen LogP contribution in [0.1, 0.15) is 18.1 Å². The van der Waals surface area contributed by atoms with Gasteiger partial charge < -0.3 is 15.3 Å². The van der Waals surface area contributed by atoms with Crippen LogP contribution in [0.2, 0.25) is 10.0 Å². The molecule has 1 atom stereocenters. The standard InChI is InChI=1S/C13H20Cl2N2O/c1-17(2)8-7-16-6-5-13(18)10-3-4-11(14)12(15)9-10/h3-4,9,13,16,18H,5-8H2,1-2H3. The maximum absolute atomic E-state index is 9.99. The molecule has 0 heterocycles. The van der Waals surface area contributed by atoms with Crippen molar-refractivity contribution < 1.29 is 5.11 Å². The highest BCUT2D eigenvalue weighted by Crippen LogP contribution is 2.26. The van der Waals surface area contributed by atoms with Gasteiger partial charge in [0.05, 0.1) is 16.1 Å². The lowest BCUT2D eigenvalue weighted by atomic mass is 10.1. The van der Waals surface area contributed by atoms with Gasteiger partial charge in [-0.3, -0.25) is 0 Å². The number of aliphatic hydroxyl groups excluding tert-OH is 1. The first-order valence-electron chi connectivity index (χ1n) is 5.99. The van der Waals surface area contributed by atoms with E-state index in [2.05, 4.69) is 10.2 Å². The molecular weight excluding hydrogens is 271 g/mol. The van der Waals surface area contributed by atoms with E-state index < -0.39 is 6.10 Å². The van der Waals surface area contributed by atoms with Gasteiger partial charge in [-0.15, -0.1) is 0 Å². The van der Waals surface area contributed by atoms with Gasteiger partial charge in [0.1, 0.15) is 0 Å². The van der Waals surface area contributed by atoms with Crippen molar-refractivity contribution in [3.63, 3.8) is 0 Å². The molecule has 0 aliphatic heterocycles. The van der Waals surface area contributed by atoms with Gasteiger partial charge in [-0.1, -0.05) is 29.3 Å². The molecule has 0 amide bonds. The number of benzene rings is 1. The second kappa shape index (κ2) is 7.97. The number of halogens is 2. The Morgan fingerprint density at radius 1 is 1.22 bits per heavy atom. The zero-order valence-electron chi connectivity index (χ0n) is 10.8. The summed E-state index contributed by atoms with van der Waals surface area (Å²) in [6, 6.07) is 5.23. The maximum atomic E-state index is 9.99. The second-order valence-corrected chi connectivity index (χ2v) is 5.35. The van der Waals surface area contributed by atoms with Gasteiger partial charge in [-0.05, 0) is 44.8 Å². The summed E-state index contributed by atoms with van der Waals surface area (Å²) >= 11 is 11.7. The first kappa shape index (κ1) is 15.7. The molecule has 1 rings (SSSR count). The summed E-state index contributed by atoms with van der Waals surface area (Å²) in [6.45, 7) is 2.68. The van der Waals surface area contributed by atoms with Crippen LogP contribution < -0.4 is 5.32 Å². The highest BCUT2D eigenvalue weighted by Gasteiger charge is 2.09. The maximum Gasteiger partial charge on any atom is 0.0802 e. The van der Waals surface area contributed by atoms with Crippen LogP contribution in [0.5, 0.6) is 0 Å². The summed E-state index contributed by atoms with van der Waals surface area (Å²) in [5, 5.41) is 14.3. The minimum Gasteiger partial charge on any atom is -0.388 e. The molecule has 18 heavy (non-hydrogen) atoms. The van der Waals surface area contributed by atoms with Crippen LogP contribution in [-0.4, -0.2) is 43.7 Å². The second-order valence-electron chi connectivity index (χ2n) is 4.53. The summed E-state index contributed by atoms with van der Waals surface area (Å²) in [6.07, 6.45) is 0.150. The Morgan fingerprint density at radius 2 is 1.94 bits per heavy atom. The van der Waals surface area contributed by atoms with Gasteiger partial charge in [-0.25, -0.2) is 0 Å². The van der Waals surface area contributed by atoms with Crippen LogP contribution in [0.25, 0.3) is 0 Å². The molecule has 0 saturated carbocycles. The molecule has 0 saturated heterocycles. The number of nitrogens with zero attached hydrogens (tertiary/aromatic N) is 1. The van der Waals surface area contributed by atoms with Crippen LogP contribution in [0, 0.1) is 0 Å². The van der Waals surface area contributed by atoms with Gasteiger partial charge in [0.15, 0.2) is 0 Å². The highest BCUT2D eigenvalue weighted by molar-refractivity contribution is 6.42. The molecule has 0 bridgehead atoms. The third kappa shape index (κ3) is 5.55. The quantitative estimate of drug-likeness (QED) is 0.758. The molecular formula is C13H20Cl2N2O. The van der Waals surface area contributed by atoms with E-state index in [0.29, 0.717) is 16.5 Å². The van der Waals surface area contributed by atoms with E-state index in [0.717, 1.165) is 25.2 Å². The molecule has 1 aromatic carbocycles. The molecule has 0 aliphatic rings. The lowest BCUT2D eigenvalue weighted by Gasteiger charge is -2.14. The zero-order valence-corrected chi connectivity index (χ0v) is 12.3. The van der Waals surface area contributed by atoms with Gasteiger partial charge in [0.25, 0.3) is 0 Å². The van der Waals surface area contributed by atoms with E-state index in [-0.39, 0.29) is 0 Å². The lowest BCUT2D eigenvalue weighted by Crippen LogP contribution is -2.27. The van der Waals surface area contributed by atoms with Crippen molar-refractivity contribution in [3.05, 3.63) is 33.8 Å². The first-order valence-corrected chi connectivity index (χ1v) is 6.74. The van der Waals surface area contributed by atoms with Crippen LogP contribution in [0.4, 0.5) is 0 Å². The van der Waals surface area contributed by atoms with Crippen molar-refractivity contribution in [2.75, 3.05) is 33.7 Å². The highest BCUT2D eigenvalue weighted by atomic mass is 35.5. The Labute approximate surface area is 119 Å². The van der Waals surface area contributed by atoms with Crippen molar-refractivity contribution in [1.29, 1.82) is 0 Å². The summed E-state index contributed by atoms with van der Waals surface area (Å²) in [4.78, 5) is 2.11. The van der Waals surface area contributed by atoms with E-state index in [1.807, 2.05) is 14.1 Å². The van der Waals surface area contributed by atoms with Crippen LogP contribution in [0.15, 0.2) is 18.2 Å². The van der Waals surface area contributed by atoms with Crippen molar-refractivity contribution in [2.24, 2.45) is 0 Å². The number of nitrogens with one attached hydrogen (secondary N) is 1. The van der Waals surface area contributed by atoms with Crippen LogP contribution in [0.3, 0.4) is 0 Å². The summed E-state index contributed by atoms with van der Waals surface area (Å²) < 4.78 is 0. The number of likely N-dealkylation sites (N-methyl/N-ethyl adjacent to an activating group) is 1. The van der Waals surface area contributed by atoms with Crippen molar-refractivity contribution in [2.45, 2.75) is 12.5 Å². The normalized spacial score (nSPS) is 13.0. The Bertz CT molecular complexity index is 372. The van der Waals surface area contributed by atoms with Gasteiger partial charge in [0.2, 0.25) is 0 Å². The number of hydrogen-bond donors (Lipinski definition) is 2. The SMILES string of the molecule is CN(C)CCNCCC(O)c1ccc(Cl)c(Cl)c1. The molecule has 0 aliphatic carbocycles. The molecule has 1 unspecified atom stereocenters. The minimum atomic E-state index is -0.508. The molecule has 2 N–H and O–H groups in total. The van der Waals surface area contributed by atoms with E-state index >= 15 is 0 Å². The molecule has 3 nitrogen and oxygen atoms in total. The topological polar surface area (TPSA) is 35.5 Å². The predicted octanol–water partition coefficient (Wildman–Crippen LogP) is 2.57. The minimum absolute atomic E-state index is 0.480. The monoisotopic (exact) mass is 290 g/mol. The molecule has 0 radical (unpaired) electrons. The van der Waals surface area contributed by atoms with E-state index in [1.54, 1.807) is 18.2 Å². The van der Waals surface area contributed by atoms with Crippen LogP contribution >= 0.6 is 23.2 Å². The van der Waals surface area contributed by atoms with Crippen LogP contribution in [-0.2, 0) is 0 Å². The fourth-order valence-electron chi connectivity index (χ4n) is 1.55. The van der Waals surface area contributed by atoms with Gasteiger partial charge in [0, 0.05) is 13.1 Å². The smallest absolute Gasteiger partial charge is 0.0802 e. The number of rotatable bonds is 7. The van der Waals surface area contributed by atoms with E-state index in [1.165, 1.54) is 0 Å². The van der Waals surface area contributed by atoms with Crippen molar-refractivity contribution >= 4 is 23.2 Å². The lowest BCUT2D eigenvalue weighted by molar-refractivity contribution is 0.166. The Hall–Kier alpha value is -0.320. The van der Waals surface area contributed by atoms with Crippen molar-refractivity contribution in [3.8, 4) is 0 Å². The predicted molar refractivity (Wildman–Crippen MR) is 77.5 cm³/mol. The van der Waals surface area contributed by atoms with E-state index in [4.69, 9.17) is 23.2 Å². The van der Waals surface area contributed by atoms with Gasteiger partial charge >= 0.3 is 0 Å². The molecule has 0 aromatic heterocycles. The zero-order chi connectivity index (χ0) is 13.5. The summed E-state index contributed by atoms with van der Waals surface area (Å²) in [5.74, 6) is 0. The Morgan fingerprint density at radius 3 is 2.56 bits per heavy atom. The molecule has 0 fully saturated rings. The summed E-state index contributed by atoms with van der Waals surface area (Å²) in [7, 11) is 4.07. The fourth-order valence-corrected chi connectivity index (χ4v) is 1.86. The first-order chi connectivity index (χ1) is 8.50. The van der Waals surface area contributed by atoms with Gasteiger partial charge in [-0.2, -0.15) is 0 Å². The third-order valence-electron chi connectivity index (χ3n) is 2.66. The average Bonchev–Trinajstić information content (AvgIpc) is 2.31. The molecule has 0 spiro atoms. The van der Waals surface area contributed by atoms with Crippen molar-refractivity contribution in [1.82, 2.24) is 10.2 Å². The number of hydrogen-bond acceptors (Lipinski definition) is 3. The molecule has 1 aromatic rings. The molecule has 102 valence electrons.